The zero-order valence-electron chi connectivity index (χ0n) is 18.8. The molecule has 0 bridgehead atoms. The number of halogens is 3. The summed E-state index contributed by atoms with van der Waals surface area (Å²) in [4.78, 5) is 9.03. The molecule has 1 aromatic heterocycles. The summed E-state index contributed by atoms with van der Waals surface area (Å²) >= 11 is 0. The van der Waals surface area contributed by atoms with Gasteiger partial charge in [-0.05, 0) is 63.5 Å². The van der Waals surface area contributed by atoms with Crippen molar-refractivity contribution in [2.75, 3.05) is 25.5 Å². The van der Waals surface area contributed by atoms with Crippen molar-refractivity contribution in [3.63, 3.8) is 0 Å². The Hall–Kier alpha value is -2.91. The van der Waals surface area contributed by atoms with Gasteiger partial charge in [-0.1, -0.05) is 12.1 Å². The lowest BCUT2D eigenvalue weighted by atomic mass is 9.84. The molecule has 1 saturated heterocycles. The smallest absolute Gasteiger partial charge is 0.416 e. The lowest BCUT2D eigenvalue weighted by Crippen LogP contribution is -2.39. The SMILES string of the molecule is COc1cc2nc(C)nc(N[C@H](C)c3cccc(C(F)(F)F)c3)c2cc1C1(O)CCNCC1. The first-order valence-electron chi connectivity index (χ1n) is 10.8. The molecule has 4 rings (SSSR count). The average molecular weight is 461 g/mol. The highest BCUT2D eigenvalue weighted by atomic mass is 19.4. The zero-order chi connectivity index (χ0) is 23.8. The number of hydrogen-bond donors (Lipinski definition) is 3. The van der Waals surface area contributed by atoms with Crippen molar-refractivity contribution >= 4 is 16.7 Å². The molecule has 1 aliphatic heterocycles. The van der Waals surface area contributed by atoms with E-state index in [1.165, 1.54) is 6.07 Å². The van der Waals surface area contributed by atoms with E-state index >= 15 is 0 Å². The normalized spacial score (nSPS) is 17.1. The molecule has 1 atom stereocenters. The zero-order valence-corrected chi connectivity index (χ0v) is 18.8. The molecular formula is C24H27F3N4O2. The molecule has 0 amide bonds. The summed E-state index contributed by atoms with van der Waals surface area (Å²) in [7, 11) is 1.55. The highest BCUT2D eigenvalue weighted by molar-refractivity contribution is 5.91. The van der Waals surface area contributed by atoms with Crippen LogP contribution in [0.5, 0.6) is 5.75 Å². The summed E-state index contributed by atoms with van der Waals surface area (Å²) in [5.41, 5.74) is 0.0117. The number of rotatable bonds is 5. The lowest BCUT2D eigenvalue weighted by Gasteiger charge is -2.34. The molecule has 1 fully saturated rings. The molecule has 0 unspecified atom stereocenters. The minimum absolute atomic E-state index is 0.447. The quantitative estimate of drug-likeness (QED) is 0.512. The van der Waals surface area contributed by atoms with Gasteiger partial charge in [0, 0.05) is 23.1 Å². The van der Waals surface area contributed by atoms with Crippen LogP contribution in [0.3, 0.4) is 0 Å². The first kappa shape index (κ1) is 23.3. The average Bonchev–Trinajstić information content (AvgIpc) is 2.78. The number of aliphatic hydroxyl groups is 1. The maximum Gasteiger partial charge on any atom is 0.416 e. The number of aromatic nitrogens is 2. The van der Waals surface area contributed by atoms with Gasteiger partial charge in [0.25, 0.3) is 0 Å². The molecule has 3 N–H and O–H groups in total. The van der Waals surface area contributed by atoms with Gasteiger partial charge < -0.3 is 20.5 Å². The maximum atomic E-state index is 13.2. The Morgan fingerprint density at radius 3 is 2.55 bits per heavy atom. The second-order valence-corrected chi connectivity index (χ2v) is 8.46. The van der Waals surface area contributed by atoms with Crippen LogP contribution in [-0.4, -0.2) is 35.3 Å². The highest BCUT2D eigenvalue weighted by Crippen LogP contribution is 2.40. The minimum Gasteiger partial charge on any atom is -0.496 e. The van der Waals surface area contributed by atoms with Crippen LogP contribution in [0.25, 0.3) is 10.9 Å². The second kappa shape index (κ2) is 8.79. The van der Waals surface area contributed by atoms with Gasteiger partial charge in [-0.3, -0.25) is 0 Å². The van der Waals surface area contributed by atoms with Gasteiger partial charge in [-0.2, -0.15) is 13.2 Å². The number of nitrogens with zero attached hydrogens (tertiary/aromatic N) is 2. The molecule has 0 aliphatic carbocycles. The van der Waals surface area contributed by atoms with Crippen LogP contribution in [-0.2, 0) is 11.8 Å². The molecule has 0 spiro atoms. The van der Waals surface area contributed by atoms with Gasteiger partial charge in [-0.15, -0.1) is 0 Å². The maximum absolute atomic E-state index is 13.2. The number of alkyl halides is 3. The Labute approximate surface area is 190 Å². The molecule has 3 aromatic rings. The number of anilines is 1. The number of nitrogens with one attached hydrogen (secondary N) is 2. The molecule has 1 aliphatic rings. The third-order valence-electron chi connectivity index (χ3n) is 6.13. The third-order valence-corrected chi connectivity index (χ3v) is 6.13. The van der Waals surface area contributed by atoms with Gasteiger partial charge in [0.15, 0.2) is 0 Å². The monoisotopic (exact) mass is 460 g/mol. The predicted molar refractivity (Wildman–Crippen MR) is 120 cm³/mol. The van der Waals surface area contributed by atoms with E-state index in [9.17, 15) is 18.3 Å². The minimum atomic E-state index is -4.41. The first-order chi connectivity index (χ1) is 15.6. The number of methoxy groups -OCH3 is 1. The Balaban J connectivity index is 1.77. The van der Waals surface area contributed by atoms with Crippen LogP contribution in [0, 0.1) is 6.92 Å². The summed E-state index contributed by atoms with van der Waals surface area (Å²) in [5.74, 6) is 1.54. The van der Waals surface area contributed by atoms with Crippen LogP contribution in [0.4, 0.5) is 19.0 Å². The van der Waals surface area contributed by atoms with Crippen LogP contribution in [0.1, 0.15) is 48.3 Å². The Morgan fingerprint density at radius 1 is 1.15 bits per heavy atom. The Bertz CT molecular complexity index is 1160. The van der Waals surface area contributed by atoms with E-state index in [1.807, 2.05) is 6.07 Å². The molecular weight excluding hydrogens is 433 g/mol. The van der Waals surface area contributed by atoms with E-state index in [-0.39, 0.29) is 0 Å². The van der Waals surface area contributed by atoms with E-state index in [2.05, 4.69) is 20.6 Å². The number of fused-ring (bicyclic) bond motifs is 1. The Kier molecular flexibility index (Phi) is 6.20. The van der Waals surface area contributed by atoms with Crippen molar-refractivity contribution in [3.8, 4) is 5.75 Å². The molecule has 2 aromatic carbocycles. The van der Waals surface area contributed by atoms with Gasteiger partial charge in [0.1, 0.15) is 17.4 Å². The summed E-state index contributed by atoms with van der Waals surface area (Å²) in [6.45, 7) is 4.89. The number of piperidine rings is 1. The molecule has 2 heterocycles. The third kappa shape index (κ3) is 4.74. The molecule has 9 heteroatoms. The largest absolute Gasteiger partial charge is 0.496 e. The summed E-state index contributed by atoms with van der Waals surface area (Å²) < 4.78 is 45.1. The number of hydrogen-bond acceptors (Lipinski definition) is 6. The van der Waals surface area contributed by atoms with Crippen molar-refractivity contribution in [3.05, 3.63) is 58.9 Å². The van der Waals surface area contributed by atoms with Crippen LogP contribution in [0.2, 0.25) is 0 Å². The Morgan fingerprint density at radius 2 is 1.88 bits per heavy atom. The van der Waals surface area contributed by atoms with E-state index in [0.717, 1.165) is 12.1 Å². The van der Waals surface area contributed by atoms with E-state index in [1.54, 1.807) is 33.1 Å². The summed E-state index contributed by atoms with van der Waals surface area (Å²) in [6.07, 6.45) is -3.35. The van der Waals surface area contributed by atoms with E-state index < -0.39 is 23.4 Å². The summed E-state index contributed by atoms with van der Waals surface area (Å²) in [5, 5.41) is 18.5. The van der Waals surface area contributed by atoms with Crippen molar-refractivity contribution in [2.45, 2.75) is 44.5 Å². The van der Waals surface area contributed by atoms with Crippen molar-refractivity contribution in [2.24, 2.45) is 0 Å². The van der Waals surface area contributed by atoms with Crippen LogP contribution >= 0.6 is 0 Å². The fourth-order valence-corrected chi connectivity index (χ4v) is 4.30. The van der Waals surface area contributed by atoms with Crippen LogP contribution < -0.4 is 15.4 Å². The van der Waals surface area contributed by atoms with Crippen molar-refractivity contribution in [1.82, 2.24) is 15.3 Å². The van der Waals surface area contributed by atoms with Gasteiger partial charge in [0.05, 0.1) is 23.8 Å². The number of benzene rings is 2. The topological polar surface area (TPSA) is 79.3 Å². The molecule has 176 valence electrons. The van der Waals surface area contributed by atoms with Crippen molar-refractivity contribution < 1.29 is 23.0 Å². The molecule has 33 heavy (non-hydrogen) atoms. The van der Waals surface area contributed by atoms with Crippen molar-refractivity contribution in [1.29, 1.82) is 0 Å². The highest BCUT2D eigenvalue weighted by Gasteiger charge is 2.35. The van der Waals surface area contributed by atoms with Gasteiger partial charge >= 0.3 is 6.18 Å². The fraction of sp³-hybridized carbons (Fsp3) is 0.417. The molecule has 6 nitrogen and oxygen atoms in total. The van der Waals surface area contributed by atoms with E-state index in [0.29, 0.717) is 65.4 Å². The number of aryl methyl sites for hydroxylation is 1. The van der Waals surface area contributed by atoms with E-state index in [4.69, 9.17) is 4.74 Å². The fourth-order valence-electron chi connectivity index (χ4n) is 4.30. The molecule has 0 radical (unpaired) electrons. The number of ether oxygens (including phenoxy) is 1. The first-order valence-corrected chi connectivity index (χ1v) is 10.8. The standard InChI is InChI=1S/C24H27F3N4O2/c1-14(16-5-4-6-17(11-16)24(25,26)27)29-22-18-12-19(23(32)7-9-28-10-8-23)21(33-3)13-20(18)30-15(2)31-22/h4-6,11-14,28,32H,7-10H2,1-3H3,(H,29,30,31)/t14-/m1/s1. The predicted octanol–water partition coefficient (Wildman–Crippen LogP) is 4.71. The molecule has 0 saturated carbocycles. The second-order valence-electron chi connectivity index (χ2n) is 8.46. The van der Waals surface area contributed by atoms with Gasteiger partial charge in [0.2, 0.25) is 0 Å². The van der Waals surface area contributed by atoms with Crippen LogP contribution in [0.15, 0.2) is 36.4 Å². The summed E-state index contributed by atoms with van der Waals surface area (Å²) in [6, 6.07) is 8.40. The lowest BCUT2D eigenvalue weighted by molar-refractivity contribution is -0.137. The van der Waals surface area contributed by atoms with Gasteiger partial charge in [-0.25, -0.2) is 9.97 Å².